The molecule has 1 saturated heterocycles. The second kappa shape index (κ2) is 5.31. The predicted octanol–water partition coefficient (Wildman–Crippen LogP) is 3.52. The average Bonchev–Trinajstić information content (AvgIpc) is 2.32. The Morgan fingerprint density at radius 3 is 2.50 bits per heavy atom. The summed E-state index contributed by atoms with van der Waals surface area (Å²) >= 11 is 4.03. The van der Waals surface area contributed by atoms with Gasteiger partial charge in [0.1, 0.15) is 5.82 Å². The standard InChI is InChI=1S/C14H18FNOS/c1-9-4-3-5-10(2)16(9)14(17)11-6-7-12(15)13(18)8-11/h6-10,18H,3-5H2,1-2H3. The molecule has 1 aliphatic heterocycles. The first-order valence-electron chi connectivity index (χ1n) is 6.32. The lowest BCUT2D eigenvalue weighted by Gasteiger charge is -2.39. The van der Waals surface area contributed by atoms with E-state index in [2.05, 4.69) is 26.5 Å². The minimum atomic E-state index is -0.394. The Balaban J connectivity index is 2.26. The highest BCUT2D eigenvalue weighted by Gasteiger charge is 2.29. The van der Waals surface area contributed by atoms with E-state index >= 15 is 0 Å². The third kappa shape index (κ3) is 2.53. The monoisotopic (exact) mass is 267 g/mol. The third-order valence-electron chi connectivity index (χ3n) is 3.62. The fourth-order valence-electron chi connectivity index (χ4n) is 2.62. The molecule has 1 amide bonds. The van der Waals surface area contributed by atoms with Crippen molar-refractivity contribution in [3.8, 4) is 0 Å². The molecule has 18 heavy (non-hydrogen) atoms. The highest BCUT2D eigenvalue weighted by Crippen LogP contribution is 2.25. The van der Waals surface area contributed by atoms with Gasteiger partial charge in [-0.1, -0.05) is 0 Å². The molecule has 2 nitrogen and oxygen atoms in total. The number of halogens is 1. The SMILES string of the molecule is CC1CCCC(C)N1C(=O)c1ccc(F)c(S)c1. The van der Waals surface area contributed by atoms with Crippen LogP contribution in [0.25, 0.3) is 0 Å². The van der Waals surface area contributed by atoms with Crippen LogP contribution in [-0.4, -0.2) is 22.9 Å². The Morgan fingerprint density at radius 1 is 1.33 bits per heavy atom. The van der Waals surface area contributed by atoms with Crippen molar-refractivity contribution >= 4 is 18.5 Å². The first-order chi connectivity index (χ1) is 8.50. The number of thiol groups is 1. The Morgan fingerprint density at radius 2 is 1.94 bits per heavy atom. The van der Waals surface area contributed by atoms with Crippen molar-refractivity contribution in [3.05, 3.63) is 29.6 Å². The summed E-state index contributed by atoms with van der Waals surface area (Å²) in [5.41, 5.74) is 0.516. The summed E-state index contributed by atoms with van der Waals surface area (Å²) in [5.74, 6) is -0.417. The van der Waals surface area contributed by atoms with Crippen LogP contribution >= 0.6 is 12.6 Å². The number of benzene rings is 1. The molecule has 2 unspecified atom stereocenters. The maximum atomic E-state index is 13.2. The van der Waals surface area contributed by atoms with Gasteiger partial charge in [-0.05, 0) is 51.3 Å². The van der Waals surface area contributed by atoms with Crippen molar-refractivity contribution in [2.75, 3.05) is 0 Å². The van der Waals surface area contributed by atoms with Crippen LogP contribution < -0.4 is 0 Å². The molecule has 4 heteroatoms. The van der Waals surface area contributed by atoms with Gasteiger partial charge in [-0.15, -0.1) is 12.6 Å². The summed E-state index contributed by atoms with van der Waals surface area (Å²) in [7, 11) is 0. The molecule has 98 valence electrons. The van der Waals surface area contributed by atoms with Crippen molar-refractivity contribution in [2.45, 2.75) is 50.1 Å². The Kier molecular flexibility index (Phi) is 3.95. The molecule has 0 radical (unpaired) electrons. The largest absolute Gasteiger partial charge is 0.333 e. The molecule has 0 N–H and O–H groups in total. The van der Waals surface area contributed by atoms with Gasteiger partial charge in [-0.25, -0.2) is 4.39 Å². The quantitative estimate of drug-likeness (QED) is 0.772. The number of amides is 1. The Labute approximate surface area is 113 Å². The van der Waals surface area contributed by atoms with E-state index < -0.39 is 5.82 Å². The van der Waals surface area contributed by atoms with Gasteiger partial charge >= 0.3 is 0 Å². The molecule has 0 aliphatic carbocycles. The lowest BCUT2D eigenvalue weighted by Crippen LogP contribution is -2.47. The second-order valence-electron chi connectivity index (χ2n) is 5.01. The predicted molar refractivity (Wildman–Crippen MR) is 72.6 cm³/mol. The molecular weight excluding hydrogens is 249 g/mol. The number of nitrogens with zero attached hydrogens (tertiary/aromatic N) is 1. The molecule has 1 heterocycles. The summed E-state index contributed by atoms with van der Waals surface area (Å²) in [4.78, 5) is 14.6. The van der Waals surface area contributed by atoms with E-state index in [0.717, 1.165) is 19.3 Å². The van der Waals surface area contributed by atoms with Crippen molar-refractivity contribution in [3.63, 3.8) is 0 Å². The van der Waals surface area contributed by atoms with E-state index in [0.29, 0.717) is 5.56 Å². The lowest BCUT2D eigenvalue weighted by molar-refractivity contribution is 0.0510. The van der Waals surface area contributed by atoms with Crippen LogP contribution in [0.3, 0.4) is 0 Å². The van der Waals surface area contributed by atoms with Crippen LogP contribution in [-0.2, 0) is 0 Å². The van der Waals surface area contributed by atoms with Crippen LogP contribution in [0.4, 0.5) is 4.39 Å². The summed E-state index contributed by atoms with van der Waals surface area (Å²) in [6, 6.07) is 4.83. The van der Waals surface area contributed by atoms with Crippen LogP contribution in [0, 0.1) is 5.82 Å². The van der Waals surface area contributed by atoms with Crippen LogP contribution in [0.2, 0.25) is 0 Å². The lowest BCUT2D eigenvalue weighted by atomic mass is 9.96. The molecule has 0 bridgehead atoms. The molecule has 2 rings (SSSR count). The number of rotatable bonds is 1. The van der Waals surface area contributed by atoms with E-state index in [1.54, 1.807) is 0 Å². The maximum Gasteiger partial charge on any atom is 0.254 e. The molecule has 1 aromatic rings. The van der Waals surface area contributed by atoms with Crippen molar-refractivity contribution in [1.82, 2.24) is 4.90 Å². The smallest absolute Gasteiger partial charge is 0.254 e. The van der Waals surface area contributed by atoms with Crippen molar-refractivity contribution in [2.24, 2.45) is 0 Å². The highest BCUT2D eigenvalue weighted by molar-refractivity contribution is 7.80. The molecule has 0 saturated carbocycles. The van der Waals surface area contributed by atoms with Crippen molar-refractivity contribution in [1.29, 1.82) is 0 Å². The van der Waals surface area contributed by atoms with Gasteiger partial charge in [0, 0.05) is 22.5 Å². The van der Waals surface area contributed by atoms with Gasteiger partial charge in [0.2, 0.25) is 0 Å². The Hall–Kier alpha value is -1.03. The first-order valence-corrected chi connectivity index (χ1v) is 6.76. The minimum Gasteiger partial charge on any atom is -0.333 e. The van der Waals surface area contributed by atoms with E-state index in [9.17, 15) is 9.18 Å². The normalized spacial score (nSPS) is 24.1. The molecule has 1 aliphatic rings. The van der Waals surface area contributed by atoms with E-state index in [-0.39, 0.29) is 22.9 Å². The van der Waals surface area contributed by atoms with Gasteiger partial charge in [-0.3, -0.25) is 4.79 Å². The van der Waals surface area contributed by atoms with Crippen LogP contribution in [0.5, 0.6) is 0 Å². The number of carbonyl (C=O) groups is 1. The van der Waals surface area contributed by atoms with Crippen LogP contribution in [0.1, 0.15) is 43.5 Å². The van der Waals surface area contributed by atoms with Crippen LogP contribution in [0.15, 0.2) is 23.1 Å². The van der Waals surface area contributed by atoms with Gasteiger partial charge in [-0.2, -0.15) is 0 Å². The number of carbonyl (C=O) groups excluding carboxylic acids is 1. The molecule has 1 aromatic carbocycles. The number of likely N-dealkylation sites (tertiary alicyclic amines) is 1. The zero-order chi connectivity index (χ0) is 13.3. The van der Waals surface area contributed by atoms with Gasteiger partial charge < -0.3 is 4.90 Å². The molecule has 2 atom stereocenters. The first kappa shape index (κ1) is 13.4. The fourth-order valence-corrected chi connectivity index (χ4v) is 2.83. The highest BCUT2D eigenvalue weighted by atomic mass is 32.1. The molecule has 1 fully saturated rings. The molecular formula is C14H18FNOS. The molecule has 0 spiro atoms. The zero-order valence-electron chi connectivity index (χ0n) is 10.7. The van der Waals surface area contributed by atoms with Gasteiger partial charge in [0.15, 0.2) is 0 Å². The van der Waals surface area contributed by atoms with E-state index in [1.165, 1.54) is 18.2 Å². The fraction of sp³-hybridized carbons (Fsp3) is 0.500. The summed E-state index contributed by atoms with van der Waals surface area (Å²) in [6.07, 6.45) is 3.23. The second-order valence-corrected chi connectivity index (χ2v) is 5.49. The average molecular weight is 267 g/mol. The third-order valence-corrected chi connectivity index (χ3v) is 3.96. The zero-order valence-corrected chi connectivity index (χ0v) is 11.6. The Bertz CT molecular complexity index is 453. The minimum absolute atomic E-state index is 0.0231. The molecule has 0 aromatic heterocycles. The van der Waals surface area contributed by atoms with E-state index in [1.807, 2.05) is 4.90 Å². The topological polar surface area (TPSA) is 20.3 Å². The summed E-state index contributed by atoms with van der Waals surface area (Å²) in [5, 5.41) is 0. The summed E-state index contributed by atoms with van der Waals surface area (Å²) in [6.45, 7) is 4.14. The number of hydrogen-bond acceptors (Lipinski definition) is 2. The van der Waals surface area contributed by atoms with Crippen molar-refractivity contribution < 1.29 is 9.18 Å². The maximum absolute atomic E-state index is 13.2. The number of hydrogen-bond donors (Lipinski definition) is 1. The summed E-state index contributed by atoms with van der Waals surface area (Å²) < 4.78 is 13.2. The number of piperidine rings is 1. The van der Waals surface area contributed by atoms with Gasteiger partial charge in [0.05, 0.1) is 0 Å². The van der Waals surface area contributed by atoms with E-state index in [4.69, 9.17) is 0 Å². The van der Waals surface area contributed by atoms with Gasteiger partial charge in [0.25, 0.3) is 5.91 Å².